The van der Waals surface area contributed by atoms with Crippen LogP contribution >= 0.6 is 0 Å². The molecule has 0 atom stereocenters. The molecule has 15 heavy (non-hydrogen) atoms. The summed E-state index contributed by atoms with van der Waals surface area (Å²) in [4.78, 5) is 3.08. The molecule has 3 nitrogen and oxygen atoms in total. The van der Waals surface area contributed by atoms with Crippen molar-refractivity contribution in [2.45, 2.75) is 0 Å². The minimum Gasteiger partial charge on any atom is -0.361 e. The van der Waals surface area contributed by atoms with Gasteiger partial charge in [-0.05, 0) is 17.5 Å². The Balaban J connectivity index is 2.64. The highest BCUT2D eigenvalue weighted by Crippen LogP contribution is 2.19. The average molecular weight is 193 g/mol. The van der Waals surface area contributed by atoms with E-state index in [1.165, 1.54) is 0 Å². The molecule has 2 rings (SSSR count). The Morgan fingerprint density at radius 2 is 2.00 bits per heavy atom. The van der Waals surface area contributed by atoms with Crippen molar-refractivity contribution in [2.24, 2.45) is 0 Å². The van der Waals surface area contributed by atoms with Gasteiger partial charge in [0.05, 0.1) is 5.52 Å². The van der Waals surface area contributed by atoms with E-state index in [4.69, 9.17) is 10.5 Å². The van der Waals surface area contributed by atoms with Gasteiger partial charge in [0.1, 0.15) is 17.7 Å². The topological polar surface area (TPSA) is 63.4 Å². The molecule has 0 saturated carbocycles. The number of nitriles is 2. The van der Waals surface area contributed by atoms with Crippen LogP contribution in [0, 0.1) is 22.7 Å². The van der Waals surface area contributed by atoms with Crippen LogP contribution < -0.4 is 0 Å². The van der Waals surface area contributed by atoms with Crippen molar-refractivity contribution in [3.05, 3.63) is 41.6 Å². The summed E-state index contributed by atoms with van der Waals surface area (Å²) in [7, 11) is 0. The number of hydrogen-bond acceptors (Lipinski definition) is 2. The summed E-state index contributed by atoms with van der Waals surface area (Å²) in [5, 5.41) is 18.4. The standard InChI is InChI=1S/C12H7N3/c13-7-9(8-14)6-11-3-1-2-10-4-5-15-12(10)11/h1-6,15H. The number of nitrogens with one attached hydrogen (secondary N) is 1. The maximum absolute atomic E-state index is 8.66. The van der Waals surface area contributed by atoms with Gasteiger partial charge in [-0.15, -0.1) is 0 Å². The minimum absolute atomic E-state index is 0.108. The smallest absolute Gasteiger partial charge is 0.130 e. The summed E-state index contributed by atoms with van der Waals surface area (Å²) in [6.45, 7) is 0. The molecule has 0 unspecified atom stereocenters. The number of aromatic amines is 1. The predicted octanol–water partition coefficient (Wildman–Crippen LogP) is 2.60. The Morgan fingerprint density at radius 1 is 1.20 bits per heavy atom. The normalized spacial score (nSPS) is 9.20. The van der Waals surface area contributed by atoms with Gasteiger partial charge in [0, 0.05) is 11.8 Å². The first-order valence-corrected chi connectivity index (χ1v) is 4.43. The van der Waals surface area contributed by atoms with Crippen LogP contribution in [-0.2, 0) is 0 Å². The lowest BCUT2D eigenvalue weighted by Gasteiger charge is -1.95. The van der Waals surface area contributed by atoms with Crippen molar-refractivity contribution in [3.8, 4) is 12.1 Å². The van der Waals surface area contributed by atoms with Gasteiger partial charge >= 0.3 is 0 Å². The highest BCUT2D eigenvalue weighted by atomic mass is 14.7. The summed E-state index contributed by atoms with van der Waals surface area (Å²) in [6.07, 6.45) is 3.42. The molecule has 0 fully saturated rings. The minimum atomic E-state index is 0.108. The maximum Gasteiger partial charge on any atom is 0.130 e. The Kier molecular flexibility index (Phi) is 2.23. The van der Waals surface area contributed by atoms with E-state index in [-0.39, 0.29) is 5.57 Å². The molecule has 2 aromatic rings. The Morgan fingerprint density at radius 3 is 2.73 bits per heavy atom. The van der Waals surface area contributed by atoms with Crippen molar-refractivity contribution in [2.75, 3.05) is 0 Å². The fourth-order valence-electron chi connectivity index (χ4n) is 1.47. The number of para-hydroxylation sites is 1. The van der Waals surface area contributed by atoms with Crippen LogP contribution in [-0.4, -0.2) is 4.98 Å². The van der Waals surface area contributed by atoms with E-state index >= 15 is 0 Å². The Bertz CT molecular complexity index is 590. The summed E-state index contributed by atoms with van der Waals surface area (Å²) >= 11 is 0. The number of rotatable bonds is 1. The number of fused-ring (bicyclic) bond motifs is 1. The van der Waals surface area contributed by atoms with Crippen molar-refractivity contribution < 1.29 is 0 Å². The lowest BCUT2D eigenvalue weighted by molar-refractivity contribution is 1.46. The van der Waals surface area contributed by atoms with E-state index in [0.717, 1.165) is 16.5 Å². The molecule has 0 aliphatic carbocycles. The number of nitrogens with zero attached hydrogens (tertiary/aromatic N) is 2. The Hall–Kier alpha value is -2.52. The predicted molar refractivity (Wildman–Crippen MR) is 57.5 cm³/mol. The van der Waals surface area contributed by atoms with Crippen LogP contribution in [0.3, 0.4) is 0 Å². The van der Waals surface area contributed by atoms with E-state index in [9.17, 15) is 0 Å². The van der Waals surface area contributed by atoms with E-state index in [2.05, 4.69) is 4.98 Å². The second-order valence-electron chi connectivity index (χ2n) is 3.07. The fraction of sp³-hybridized carbons (Fsp3) is 0. The zero-order valence-electron chi connectivity index (χ0n) is 7.86. The van der Waals surface area contributed by atoms with Gasteiger partial charge in [-0.3, -0.25) is 0 Å². The van der Waals surface area contributed by atoms with Gasteiger partial charge < -0.3 is 4.98 Å². The van der Waals surface area contributed by atoms with Crippen molar-refractivity contribution in [1.82, 2.24) is 4.98 Å². The lowest BCUT2D eigenvalue weighted by Crippen LogP contribution is -1.78. The van der Waals surface area contributed by atoms with Crippen LogP contribution in [0.4, 0.5) is 0 Å². The second-order valence-corrected chi connectivity index (χ2v) is 3.07. The van der Waals surface area contributed by atoms with Gasteiger partial charge in [0.15, 0.2) is 0 Å². The Labute approximate surface area is 86.9 Å². The van der Waals surface area contributed by atoms with Crippen LogP contribution in [0.1, 0.15) is 5.56 Å². The number of allylic oxidation sites excluding steroid dienone is 1. The molecule has 0 radical (unpaired) electrons. The first-order chi connectivity index (χ1) is 7.35. The molecule has 1 heterocycles. The van der Waals surface area contributed by atoms with Gasteiger partial charge in [-0.2, -0.15) is 10.5 Å². The quantitative estimate of drug-likeness (QED) is 0.707. The molecule has 0 saturated heterocycles. The van der Waals surface area contributed by atoms with Crippen LogP contribution in [0.25, 0.3) is 17.0 Å². The molecule has 1 aromatic heterocycles. The third-order valence-electron chi connectivity index (χ3n) is 2.16. The molecule has 0 spiro atoms. The highest BCUT2D eigenvalue weighted by molar-refractivity contribution is 5.88. The molecule has 0 aliphatic rings. The lowest BCUT2D eigenvalue weighted by atomic mass is 10.1. The van der Waals surface area contributed by atoms with Crippen LogP contribution in [0.5, 0.6) is 0 Å². The SMILES string of the molecule is N#CC(C#N)=Cc1cccc2cc[nH]c12. The van der Waals surface area contributed by atoms with Gasteiger partial charge in [-0.1, -0.05) is 18.2 Å². The molecular weight excluding hydrogens is 186 g/mol. The fourth-order valence-corrected chi connectivity index (χ4v) is 1.47. The number of aromatic nitrogens is 1. The first-order valence-electron chi connectivity index (χ1n) is 4.43. The largest absolute Gasteiger partial charge is 0.361 e. The summed E-state index contributed by atoms with van der Waals surface area (Å²) in [5.41, 5.74) is 1.91. The number of benzene rings is 1. The number of hydrogen-bond donors (Lipinski definition) is 1. The molecule has 1 aromatic carbocycles. The van der Waals surface area contributed by atoms with Crippen molar-refractivity contribution in [3.63, 3.8) is 0 Å². The monoisotopic (exact) mass is 193 g/mol. The van der Waals surface area contributed by atoms with E-state index < -0.39 is 0 Å². The van der Waals surface area contributed by atoms with Gasteiger partial charge in [0.25, 0.3) is 0 Å². The van der Waals surface area contributed by atoms with Gasteiger partial charge in [0.2, 0.25) is 0 Å². The summed E-state index contributed by atoms with van der Waals surface area (Å²) < 4.78 is 0. The average Bonchev–Trinajstić information content (AvgIpc) is 2.74. The first kappa shape index (κ1) is 9.05. The molecule has 0 amide bonds. The van der Waals surface area contributed by atoms with Crippen molar-refractivity contribution >= 4 is 17.0 Å². The van der Waals surface area contributed by atoms with Crippen LogP contribution in [0.2, 0.25) is 0 Å². The zero-order chi connectivity index (χ0) is 10.7. The molecule has 0 bridgehead atoms. The van der Waals surface area contributed by atoms with Crippen molar-refractivity contribution in [1.29, 1.82) is 10.5 Å². The summed E-state index contributed by atoms with van der Waals surface area (Å²) in [6, 6.07) is 11.4. The van der Waals surface area contributed by atoms with E-state index in [0.29, 0.717) is 0 Å². The molecule has 70 valence electrons. The number of H-pyrrole nitrogens is 1. The van der Waals surface area contributed by atoms with Gasteiger partial charge in [-0.25, -0.2) is 0 Å². The highest BCUT2D eigenvalue weighted by Gasteiger charge is 2.00. The molecule has 3 heteroatoms. The molecule has 1 N–H and O–H groups in total. The van der Waals surface area contributed by atoms with E-state index in [1.807, 2.05) is 42.6 Å². The summed E-state index contributed by atoms with van der Waals surface area (Å²) in [5.74, 6) is 0. The van der Waals surface area contributed by atoms with E-state index in [1.54, 1.807) is 6.08 Å². The second kappa shape index (κ2) is 3.69. The maximum atomic E-state index is 8.66. The molecule has 0 aliphatic heterocycles. The molecular formula is C12H7N3. The van der Waals surface area contributed by atoms with Crippen LogP contribution in [0.15, 0.2) is 36.0 Å². The third-order valence-corrected chi connectivity index (χ3v) is 2.16. The third kappa shape index (κ3) is 1.59. The zero-order valence-corrected chi connectivity index (χ0v) is 7.86.